The fourth-order valence-corrected chi connectivity index (χ4v) is 3.63. The van der Waals surface area contributed by atoms with Gasteiger partial charge in [-0.2, -0.15) is 5.10 Å². The smallest absolute Gasteiger partial charge is 0.223 e. The van der Waals surface area contributed by atoms with E-state index < -0.39 is 0 Å². The third-order valence-corrected chi connectivity index (χ3v) is 5.34. The van der Waals surface area contributed by atoms with Gasteiger partial charge in [-0.3, -0.25) is 9.48 Å². The standard InChI is InChI=1S/C18H31N3O2/c1-12(10-16-13(2)20-21(4)14(16)3)18(23)19-17-9-7-5-6-8-15(17)11-22/h12,15,17,22H,5-11H2,1-4H3,(H,19,23). The molecule has 2 rings (SSSR count). The second-order valence-electron chi connectivity index (χ2n) is 7.07. The van der Waals surface area contributed by atoms with E-state index in [1.807, 2.05) is 32.5 Å². The topological polar surface area (TPSA) is 67.2 Å². The van der Waals surface area contributed by atoms with Crippen molar-refractivity contribution < 1.29 is 9.90 Å². The fraction of sp³-hybridized carbons (Fsp3) is 0.778. The molecule has 1 aliphatic rings. The lowest BCUT2D eigenvalue weighted by atomic mass is 9.93. The molecule has 1 heterocycles. The lowest BCUT2D eigenvalue weighted by molar-refractivity contribution is -0.125. The summed E-state index contributed by atoms with van der Waals surface area (Å²) in [7, 11) is 1.94. The molecule has 3 unspecified atom stereocenters. The van der Waals surface area contributed by atoms with Crippen molar-refractivity contribution in [2.75, 3.05) is 6.61 Å². The van der Waals surface area contributed by atoms with Crippen LogP contribution in [0.25, 0.3) is 0 Å². The fourth-order valence-electron chi connectivity index (χ4n) is 3.63. The third kappa shape index (κ3) is 4.34. The monoisotopic (exact) mass is 321 g/mol. The highest BCUT2D eigenvalue weighted by Crippen LogP contribution is 2.24. The van der Waals surface area contributed by atoms with Crippen molar-refractivity contribution >= 4 is 5.91 Å². The van der Waals surface area contributed by atoms with Gasteiger partial charge in [0.2, 0.25) is 5.91 Å². The van der Waals surface area contributed by atoms with Crippen LogP contribution in [0, 0.1) is 25.7 Å². The predicted octanol–water partition coefficient (Wildman–Crippen LogP) is 2.27. The zero-order chi connectivity index (χ0) is 17.0. The van der Waals surface area contributed by atoms with Crippen molar-refractivity contribution in [2.45, 2.75) is 65.3 Å². The van der Waals surface area contributed by atoms with Crippen molar-refractivity contribution in [1.29, 1.82) is 0 Å². The number of carbonyl (C=O) groups excluding carboxylic acids is 1. The van der Waals surface area contributed by atoms with E-state index in [1.165, 1.54) is 12.0 Å². The molecule has 3 atom stereocenters. The SMILES string of the molecule is Cc1nn(C)c(C)c1CC(C)C(=O)NC1CCCCCC1CO. The highest BCUT2D eigenvalue weighted by molar-refractivity contribution is 5.79. The average molecular weight is 321 g/mol. The summed E-state index contributed by atoms with van der Waals surface area (Å²) < 4.78 is 1.88. The highest BCUT2D eigenvalue weighted by atomic mass is 16.3. The Morgan fingerprint density at radius 3 is 2.65 bits per heavy atom. The van der Waals surface area contributed by atoms with Crippen molar-refractivity contribution in [3.05, 3.63) is 17.0 Å². The first kappa shape index (κ1) is 18.0. The molecule has 0 aromatic carbocycles. The maximum atomic E-state index is 12.6. The number of hydrogen-bond donors (Lipinski definition) is 2. The van der Waals surface area contributed by atoms with Gasteiger partial charge in [0.25, 0.3) is 0 Å². The summed E-state index contributed by atoms with van der Waals surface area (Å²) in [6.07, 6.45) is 6.20. The normalized spacial score (nSPS) is 23.3. The van der Waals surface area contributed by atoms with Crippen molar-refractivity contribution in [3.8, 4) is 0 Å². The first-order chi connectivity index (χ1) is 10.9. The zero-order valence-corrected chi connectivity index (χ0v) is 14.9. The molecule has 0 aliphatic heterocycles. The second kappa shape index (κ2) is 7.95. The van der Waals surface area contributed by atoms with E-state index >= 15 is 0 Å². The Bertz CT molecular complexity index is 539. The molecular formula is C18H31N3O2. The number of nitrogens with zero attached hydrogens (tertiary/aromatic N) is 2. The lowest BCUT2D eigenvalue weighted by Gasteiger charge is -2.26. The van der Waals surface area contributed by atoms with Gasteiger partial charge in [-0.15, -0.1) is 0 Å². The molecule has 130 valence electrons. The molecule has 1 aromatic rings. The van der Waals surface area contributed by atoms with Crippen LogP contribution in [0.3, 0.4) is 0 Å². The van der Waals surface area contributed by atoms with Gasteiger partial charge in [-0.05, 0) is 38.7 Å². The zero-order valence-electron chi connectivity index (χ0n) is 14.9. The van der Waals surface area contributed by atoms with Crippen LogP contribution in [0.4, 0.5) is 0 Å². The quantitative estimate of drug-likeness (QED) is 0.818. The van der Waals surface area contributed by atoms with Gasteiger partial charge in [-0.25, -0.2) is 0 Å². The summed E-state index contributed by atoms with van der Waals surface area (Å²) in [5.41, 5.74) is 3.31. The minimum atomic E-state index is -0.0841. The maximum absolute atomic E-state index is 12.6. The summed E-state index contributed by atoms with van der Waals surface area (Å²) in [4.78, 5) is 12.6. The number of aliphatic hydroxyl groups is 1. The summed E-state index contributed by atoms with van der Waals surface area (Å²) in [5, 5.41) is 17.2. The van der Waals surface area contributed by atoms with E-state index in [4.69, 9.17) is 0 Å². The Labute approximate surface area is 139 Å². The number of aromatic nitrogens is 2. The van der Waals surface area contributed by atoms with Gasteiger partial charge in [0.05, 0.1) is 5.69 Å². The lowest BCUT2D eigenvalue weighted by Crippen LogP contribution is -2.43. The minimum Gasteiger partial charge on any atom is -0.396 e. The van der Waals surface area contributed by atoms with Crippen molar-refractivity contribution in [3.63, 3.8) is 0 Å². The van der Waals surface area contributed by atoms with Crippen molar-refractivity contribution in [1.82, 2.24) is 15.1 Å². The summed E-state index contributed by atoms with van der Waals surface area (Å²) in [6, 6.07) is 0.119. The molecule has 5 heteroatoms. The van der Waals surface area contributed by atoms with Gasteiger partial charge in [0.15, 0.2) is 0 Å². The van der Waals surface area contributed by atoms with Crippen LogP contribution in [-0.2, 0) is 18.3 Å². The molecular weight excluding hydrogens is 290 g/mol. The van der Waals surface area contributed by atoms with Crippen LogP contribution in [-0.4, -0.2) is 33.4 Å². The molecule has 0 saturated heterocycles. The summed E-state index contributed by atoms with van der Waals surface area (Å²) in [6.45, 7) is 6.19. The number of rotatable bonds is 5. The third-order valence-electron chi connectivity index (χ3n) is 5.34. The van der Waals surface area contributed by atoms with E-state index in [1.54, 1.807) is 0 Å². The van der Waals surface area contributed by atoms with Crippen molar-refractivity contribution in [2.24, 2.45) is 18.9 Å². The molecule has 1 aliphatic carbocycles. The number of hydrogen-bond acceptors (Lipinski definition) is 3. The number of amides is 1. The van der Waals surface area contributed by atoms with Gasteiger partial charge in [0, 0.05) is 37.2 Å². The number of aryl methyl sites for hydroxylation is 2. The molecule has 1 saturated carbocycles. The number of nitrogens with one attached hydrogen (secondary N) is 1. The molecule has 1 aromatic heterocycles. The Hall–Kier alpha value is -1.36. The Morgan fingerprint density at radius 1 is 1.35 bits per heavy atom. The van der Waals surface area contributed by atoms with Crippen LogP contribution in [0.5, 0.6) is 0 Å². The first-order valence-electron chi connectivity index (χ1n) is 8.84. The largest absolute Gasteiger partial charge is 0.396 e. The molecule has 23 heavy (non-hydrogen) atoms. The van der Waals surface area contributed by atoms with Crippen LogP contribution in [0.1, 0.15) is 56.0 Å². The average Bonchev–Trinajstić information content (AvgIpc) is 2.71. The molecule has 0 radical (unpaired) electrons. The second-order valence-corrected chi connectivity index (χ2v) is 7.07. The molecule has 2 N–H and O–H groups in total. The minimum absolute atomic E-state index is 0.0841. The van der Waals surface area contributed by atoms with E-state index in [9.17, 15) is 9.90 Å². The van der Waals surface area contributed by atoms with Gasteiger partial charge >= 0.3 is 0 Å². The molecule has 0 bridgehead atoms. The molecule has 1 amide bonds. The summed E-state index contributed by atoms with van der Waals surface area (Å²) >= 11 is 0. The predicted molar refractivity (Wildman–Crippen MR) is 91.1 cm³/mol. The highest BCUT2D eigenvalue weighted by Gasteiger charge is 2.27. The van der Waals surface area contributed by atoms with E-state index in [0.29, 0.717) is 6.42 Å². The van der Waals surface area contributed by atoms with Crippen LogP contribution >= 0.6 is 0 Å². The first-order valence-corrected chi connectivity index (χ1v) is 8.84. The maximum Gasteiger partial charge on any atom is 0.223 e. The van der Waals surface area contributed by atoms with Crippen LogP contribution < -0.4 is 5.32 Å². The van der Waals surface area contributed by atoms with Gasteiger partial charge in [-0.1, -0.05) is 26.2 Å². The summed E-state index contributed by atoms with van der Waals surface area (Å²) in [5.74, 6) is 0.215. The van der Waals surface area contributed by atoms with E-state index in [0.717, 1.165) is 37.1 Å². The van der Waals surface area contributed by atoms with E-state index in [-0.39, 0.29) is 30.4 Å². The molecule has 5 nitrogen and oxygen atoms in total. The molecule has 0 spiro atoms. The van der Waals surface area contributed by atoms with Gasteiger partial charge in [0.1, 0.15) is 0 Å². The van der Waals surface area contributed by atoms with Crippen LogP contribution in [0.2, 0.25) is 0 Å². The Balaban J connectivity index is 1.98. The van der Waals surface area contributed by atoms with Crippen LogP contribution in [0.15, 0.2) is 0 Å². The Kier molecular flexibility index (Phi) is 6.22. The molecule has 1 fully saturated rings. The van der Waals surface area contributed by atoms with E-state index in [2.05, 4.69) is 10.4 Å². The number of aliphatic hydroxyl groups excluding tert-OH is 1. The Morgan fingerprint density at radius 2 is 2.04 bits per heavy atom. The number of carbonyl (C=O) groups is 1. The van der Waals surface area contributed by atoms with Gasteiger partial charge < -0.3 is 10.4 Å².